The van der Waals surface area contributed by atoms with E-state index in [4.69, 9.17) is 4.84 Å². The molecule has 1 saturated heterocycles. The Bertz CT molecular complexity index is 674. The molecule has 1 aliphatic carbocycles. The van der Waals surface area contributed by atoms with Crippen molar-refractivity contribution in [2.75, 3.05) is 13.1 Å². The van der Waals surface area contributed by atoms with Crippen molar-refractivity contribution in [1.29, 1.82) is 0 Å². The lowest BCUT2D eigenvalue weighted by Gasteiger charge is -2.38. The van der Waals surface area contributed by atoms with E-state index in [2.05, 4.69) is 20.4 Å². The minimum atomic E-state index is -2.65. The molecular weight excluding hydrogens is 350 g/mol. The van der Waals surface area contributed by atoms with Gasteiger partial charge < -0.3 is 10.2 Å². The normalized spacial score (nSPS) is 29.1. The first-order chi connectivity index (χ1) is 11.9. The number of halogens is 2. The van der Waals surface area contributed by atoms with Crippen LogP contribution in [0.3, 0.4) is 0 Å². The maximum atomic E-state index is 12.9. The number of nitrogens with zero attached hydrogens (tertiary/aromatic N) is 3. The van der Waals surface area contributed by atoms with E-state index in [0.717, 1.165) is 30.9 Å². The number of alkyl halides is 2. The first kappa shape index (κ1) is 16.8. The number of rotatable bonds is 4. The zero-order valence-corrected chi connectivity index (χ0v) is 14.5. The van der Waals surface area contributed by atoms with Gasteiger partial charge in [-0.2, -0.15) is 0 Å². The Labute approximate surface area is 148 Å². The average Bonchev–Trinajstić information content (AvgIpc) is 3.16. The number of likely N-dealkylation sites (tertiary alicyclic amines) is 1. The molecule has 136 valence electrons. The van der Waals surface area contributed by atoms with Crippen LogP contribution in [0.5, 0.6) is 0 Å². The number of aromatic nitrogens is 1. The molecule has 2 aliphatic heterocycles. The smallest absolute Gasteiger partial charge is 0.269 e. The molecule has 1 aromatic rings. The van der Waals surface area contributed by atoms with E-state index < -0.39 is 17.6 Å². The van der Waals surface area contributed by atoms with Gasteiger partial charge in [0.25, 0.3) is 11.8 Å². The molecule has 1 aromatic heterocycles. The summed E-state index contributed by atoms with van der Waals surface area (Å²) >= 11 is 1.62. The van der Waals surface area contributed by atoms with Crippen LogP contribution >= 0.6 is 11.3 Å². The molecule has 1 saturated carbocycles. The molecule has 3 heterocycles. The van der Waals surface area contributed by atoms with Crippen molar-refractivity contribution in [3.8, 4) is 0 Å². The zero-order chi connectivity index (χ0) is 17.5. The molecule has 6 nitrogen and oxygen atoms in total. The molecular formula is C16H20F2N4O2S. The number of nitrogens with one attached hydrogen (secondary N) is 1. The van der Waals surface area contributed by atoms with Gasteiger partial charge >= 0.3 is 0 Å². The van der Waals surface area contributed by atoms with Crippen molar-refractivity contribution in [3.05, 3.63) is 16.6 Å². The molecule has 25 heavy (non-hydrogen) atoms. The summed E-state index contributed by atoms with van der Waals surface area (Å²) in [6.07, 6.45) is 3.44. The summed E-state index contributed by atoms with van der Waals surface area (Å²) in [5.74, 6) is -3.03. The number of hydrogen-bond acceptors (Lipinski definition) is 6. The SMILES string of the molecule is O=C(NC1CC(F)(F)C1)C1=NO[C@@]2(CCCN(Cc3nccs3)C2)C1. The van der Waals surface area contributed by atoms with Crippen LogP contribution < -0.4 is 5.32 Å². The van der Waals surface area contributed by atoms with Gasteiger partial charge in [0.1, 0.15) is 10.7 Å². The highest BCUT2D eigenvalue weighted by molar-refractivity contribution is 7.09. The van der Waals surface area contributed by atoms with Crippen LogP contribution in [-0.4, -0.2) is 52.2 Å². The van der Waals surface area contributed by atoms with Gasteiger partial charge in [0, 0.05) is 43.4 Å². The fourth-order valence-corrected chi connectivity index (χ4v) is 4.40. The van der Waals surface area contributed by atoms with E-state index >= 15 is 0 Å². The van der Waals surface area contributed by atoms with Crippen LogP contribution in [0, 0.1) is 0 Å². The number of hydrogen-bond donors (Lipinski definition) is 1. The lowest BCUT2D eigenvalue weighted by atomic mass is 9.86. The Morgan fingerprint density at radius 2 is 2.32 bits per heavy atom. The van der Waals surface area contributed by atoms with Crippen LogP contribution in [0.25, 0.3) is 0 Å². The quantitative estimate of drug-likeness (QED) is 0.882. The predicted molar refractivity (Wildman–Crippen MR) is 88.6 cm³/mol. The van der Waals surface area contributed by atoms with Crippen molar-refractivity contribution in [1.82, 2.24) is 15.2 Å². The van der Waals surface area contributed by atoms with Crippen molar-refractivity contribution in [2.45, 2.75) is 56.2 Å². The first-order valence-corrected chi connectivity index (χ1v) is 9.36. The van der Waals surface area contributed by atoms with Gasteiger partial charge in [-0.3, -0.25) is 9.69 Å². The van der Waals surface area contributed by atoms with Crippen LogP contribution in [0.15, 0.2) is 16.7 Å². The average molecular weight is 370 g/mol. The Morgan fingerprint density at radius 3 is 3.04 bits per heavy atom. The number of carbonyl (C=O) groups is 1. The van der Waals surface area contributed by atoms with E-state index in [-0.39, 0.29) is 18.7 Å². The van der Waals surface area contributed by atoms with Gasteiger partial charge in [-0.05, 0) is 19.4 Å². The van der Waals surface area contributed by atoms with E-state index in [9.17, 15) is 13.6 Å². The minimum absolute atomic E-state index is 0.292. The number of amides is 1. The molecule has 1 N–H and O–H groups in total. The lowest BCUT2D eigenvalue weighted by Crippen LogP contribution is -2.53. The van der Waals surface area contributed by atoms with Gasteiger partial charge in [0.15, 0.2) is 5.60 Å². The molecule has 0 radical (unpaired) electrons. The monoisotopic (exact) mass is 370 g/mol. The van der Waals surface area contributed by atoms with E-state index in [0.29, 0.717) is 18.7 Å². The first-order valence-electron chi connectivity index (χ1n) is 8.48. The molecule has 2 fully saturated rings. The fourth-order valence-electron chi connectivity index (χ4n) is 3.74. The standard InChI is InChI=1S/C16H20F2N4O2S/c17-16(18)6-11(7-16)20-14(23)12-8-15(24-21-12)2-1-4-22(10-15)9-13-19-3-5-25-13/h3,5,11H,1-2,4,6-10H2,(H,20,23)/t15-/m0/s1. The van der Waals surface area contributed by atoms with E-state index in [1.807, 2.05) is 5.38 Å². The van der Waals surface area contributed by atoms with Crippen molar-refractivity contribution in [2.24, 2.45) is 5.16 Å². The van der Waals surface area contributed by atoms with Gasteiger partial charge in [0.05, 0.1) is 6.54 Å². The summed E-state index contributed by atoms with van der Waals surface area (Å²) in [5.41, 5.74) is -0.169. The maximum Gasteiger partial charge on any atom is 0.269 e. The summed E-state index contributed by atoms with van der Waals surface area (Å²) in [4.78, 5) is 24.5. The molecule has 1 spiro atoms. The Kier molecular flexibility index (Phi) is 4.23. The lowest BCUT2D eigenvalue weighted by molar-refractivity contribution is -0.123. The Balaban J connectivity index is 1.31. The molecule has 1 amide bonds. The summed E-state index contributed by atoms with van der Waals surface area (Å²) < 4.78 is 25.8. The second-order valence-corrected chi connectivity index (χ2v) is 8.14. The van der Waals surface area contributed by atoms with Crippen LogP contribution in [0.2, 0.25) is 0 Å². The summed E-state index contributed by atoms with van der Waals surface area (Å²) in [5, 5.41) is 9.61. The van der Waals surface area contributed by atoms with Crippen molar-refractivity contribution in [3.63, 3.8) is 0 Å². The molecule has 1 atom stereocenters. The van der Waals surface area contributed by atoms with Gasteiger partial charge in [-0.1, -0.05) is 5.16 Å². The van der Waals surface area contributed by atoms with E-state index in [1.165, 1.54) is 0 Å². The van der Waals surface area contributed by atoms with Gasteiger partial charge in [-0.15, -0.1) is 11.3 Å². The number of thiazole rings is 1. The second-order valence-electron chi connectivity index (χ2n) is 7.16. The highest BCUT2D eigenvalue weighted by Crippen LogP contribution is 2.38. The summed E-state index contributed by atoms with van der Waals surface area (Å²) in [7, 11) is 0. The molecule has 3 aliphatic rings. The van der Waals surface area contributed by atoms with Gasteiger partial charge in [-0.25, -0.2) is 13.8 Å². The fraction of sp³-hybridized carbons (Fsp3) is 0.688. The molecule has 0 aromatic carbocycles. The largest absolute Gasteiger partial charge is 0.387 e. The summed E-state index contributed by atoms with van der Waals surface area (Å²) in [6.45, 7) is 2.42. The Hall–Kier alpha value is -1.61. The molecule has 4 rings (SSSR count). The maximum absolute atomic E-state index is 12.9. The van der Waals surface area contributed by atoms with Crippen LogP contribution in [0.4, 0.5) is 8.78 Å². The zero-order valence-electron chi connectivity index (χ0n) is 13.7. The third-order valence-electron chi connectivity index (χ3n) is 4.99. The number of piperidine rings is 1. The molecule has 9 heteroatoms. The summed E-state index contributed by atoms with van der Waals surface area (Å²) in [6, 6.07) is -0.463. The Morgan fingerprint density at radius 1 is 1.48 bits per heavy atom. The number of carbonyl (C=O) groups excluding carboxylic acids is 1. The third-order valence-corrected chi connectivity index (χ3v) is 5.75. The topological polar surface area (TPSA) is 66.8 Å². The van der Waals surface area contributed by atoms with E-state index in [1.54, 1.807) is 17.5 Å². The number of oxime groups is 1. The van der Waals surface area contributed by atoms with Crippen molar-refractivity contribution >= 4 is 23.0 Å². The van der Waals surface area contributed by atoms with Crippen LogP contribution in [0.1, 0.15) is 37.1 Å². The second kappa shape index (κ2) is 6.28. The highest BCUT2D eigenvalue weighted by Gasteiger charge is 2.48. The minimum Gasteiger partial charge on any atom is -0.387 e. The van der Waals surface area contributed by atoms with Gasteiger partial charge in [0.2, 0.25) is 0 Å². The third kappa shape index (κ3) is 3.67. The predicted octanol–water partition coefficient (Wildman–Crippen LogP) is 2.17. The highest BCUT2D eigenvalue weighted by atomic mass is 32.1. The molecule has 0 bridgehead atoms. The van der Waals surface area contributed by atoms with Crippen LogP contribution in [-0.2, 0) is 16.2 Å². The molecule has 0 unspecified atom stereocenters. The van der Waals surface area contributed by atoms with Crippen molar-refractivity contribution < 1.29 is 18.4 Å².